The molecule has 3 aromatic rings. The standard InChI is InChI=1S/C18H20N4O3S/c1-11-5-7-14(26(24,25)19-3)10-15(11)21-18(23)13-6-8-17-16(9-13)20-12(2)22(17)4/h5-10,19H,1-4H3,(H,21,23). The first-order chi connectivity index (χ1) is 12.2. The molecular formula is C18H20N4O3S. The van der Waals surface area contributed by atoms with Gasteiger partial charge in [-0.25, -0.2) is 18.1 Å². The lowest BCUT2D eigenvalue weighted by atomic mass is 10.1. The number of amides is 1. The fourth-order valence-electron chi connectivity index (χ4n) is 2.68. The number of aromatic nitrogens is 2. The second kappa shape index (κ2) is 6.54. The number of hydrogen-bond acceptors (Lipinski definition) is 4. The largest absolute Gasteiger partial charge is 0.331 e. The minimum absolute atomic E-state index is 0.0942. The molecule has 0 bridgehead atoms. The summed E-state index contributed by atoms with van der Waals surface area (Å²) in [6.07, 6.45) is 0. The van der Waals surface area contributed by atoms with Gasteiger partial charge in [0, 0.05) is 18.3 Å². The predicted molar refractivity (Wildman–Crippen MR) is 101 cm³/mol. The maximum atomic E-state index is 12.6. The molecule has 0 fully saturated rings. The summed E-state index contributed by atoms with van der Waals surface area (Å²) < 4.78 is 28.2. The van der Waals surface area contributed by atoms with Gasteiger partial charge in [0.1, 0.15) is 5.82 Å². The van der Waals surface area contributed by atoms with Crippen molar-refractivity contribution in [3.05, 3.63) is 53.3 Å². The number of nitrogens with one attached hydrogen (secondary N) is 2. The second-order valence-corrected chi connectivity index (χ2v) is 7.95. The normalized spacial score (nSPS) is 11.7. The fraction of sp³-hybridized carbons (Fsp3) is 0.222. The van der Waals surface area contributed by atoms with Crippen LogP contribution in [0.25, 0.3) is 11.0 Å². The third kappa shape index (κ3) is 3.21. The van der Waals surface area contributed by atoms with Crippen LogP contribution < -0.4 is 10.0 Å². The van der Waals surface area contributed by atoms with Gasteiger partial charge in [-0.2, -0.15) is 0 Å². The highest BCUT2D eigenvalue weighted by Crippen LogP contribution is 2.22. The van der Waals surface area contributed by atoms with Crippen molar-refractivity contribution >= 4 is 32.7 Å². The monoisotopic (exact) mass is 372 g/mol. The minimum Gasteiger partial charge on any atom is -0.331 e. The van der Waals surface area contributed by atoms with Crippen LogP contribution in [-0.2, 0) is 17.1 Å². The molecule has 1 heterocycles. The summed E-state index contributed by atoms with van der Waals surface area (Å²) in [4.78, 5) is 17.1. The van der Waals surface area contributed by atoms with Crippen LogP contribution >= 0.6 is 0 Å². The van der Waals surface area contributed by atoms with Crippen LogP contribution in [0.2, 0.25) is 0 Å². The number of carbonyl (C=O) groups excluding carboxylic acids is 1. The zero-order chi connectivity index (χ0) is 19.1. The Balaban J connectivity index is 1.94. The number of rotatable bonds is 4. The average molecular weight is 372 g/mol. The van der Waals surface area contributed by atoms with Crippen LogP contribution in [0.5, 0.6) is 0 Å². The Bertz CT molecular complexity index is 1120. The second-order valence-electron chi connectivity index (χ2n) is 6.06. The van der Waals surface area contributed by atoms with E-state index in [1.165, 1.54) is 19.2 Å². The fourth-order valence-corrected chi connectivity index (χ4v) is 3.43. The van der Waals surface area contributed by atoms with Crippen molar-refractivity contribution in [3.8, 4) is 0 Å². The van der Waals surface area contributed by atoms with Gasteiger partial charge in [-0.3, -0.25) is 4.79 Å². The lowest BCUT2D eigenvalue weighted by molar-refractivity contribution is 0.102. The Morgan fingerprint density at radius 3 is 2.54 bits per heavy atom. The predicted octanol–water partition coefficient (Wildman–Crippen LogP) is 2.35. The molecule has 7 nitrogen and oxygen atoms in total. The van der Waals surface area contributed by atoms with Crippen molar-refractivity contribution in [2.45, 2.75) is 18.7 Å². The molecule has 3 rings (SSSR count). The number of hydrogen-bond donors (Lipinski definition) is 2. The van der Waals surface area contributed by atoms with Gasteiger partial charge in [-0.1, -0.05) is 6.07 Å². The zero-order valence-electron chi connectivity index (χ0n) is 15.0. The summed E-state index contributed by atoms with van der Waals surface area (Å²) in [6, 6.07) is 9.90. The average Bonchev–Trinajstić information content (AvgIpc) is 2.90. The van der Waals surface area contributed by atoms with Gasteiger partial charge < -0.3 is 9.88 Å². The molecule has 2 aromatic carbocycles. The number of nitrogens with zero attached hydrogens (tertiary/aromatic N) is 2. The first-order valence-electron chi connectivity index (χ1n) is 8.01. The summed E-state index contributed by atoms with van der Waals surface area (Å²) in [5.41, 5.74) is 3.35. The maximum absolute atomic E-state index is 12.6. The number of carbonyl (C=O) groups is 1. The Morgan fingerprint density at radius 1 is 1.12 bits per heavy atom. The number of anilines is 1. The highest BCUT2D eigenvalue weighted by molar-refractivity contribution is 7.89. The summed E-state index contributed by atoms with van der Waals surface area (Å²) >= 11 is 0. The zero-order valence-corrected chi connectivity index (χ0v) is 15.8. The molecule has 1 aromatic heterocycles. The van der Waals surface area contributed by atoms with E-state index >= 15 is 0 Å². The van der Waals surface area contributed by atoms with Gasteiger partial charge in [0.15, 0.2) is 0 Å². The number of imidazole rings is 1. The molecule has 1 amide bonds. The first kappa shape index (κ1) is 18.1. The Hall–Kier alpha value is -2.71. The molecule has 26 heavy (non-hydrogen) atoms. The summed E-state index contributed by atoms with van der Waals surface area (Å²) in [7, 11) is -0.320. The highest BCUT2D eigenvalue weighted by Gasteiger charge is 2.15. The molecule has 0 atom stereocenters. The first-order valence-corrected chi connectivity index (χ1v) is 9.50. The molecule has 0 aliphatic carbocycles. The van der Waals surface area contributed by atoms with Gasteiger partial charge >= 0.3 is 0 Å². The van der Waals surface area contributed by atoms with E-state index in [1.54, 1.807) is 25.1 Å². The molecule has 2 N–H and O–H groups in total. The smallest absolute Gasteiger partial charge is 0.255 e. The van der Waals surface area contributed by atoms with Gasteiger partial charge in [0.25, 0.3) is 5.91 Å². The van der Waals surface area contributed by atoms with Crippen LogP contribution in [0, 0.1) is 13.8 Å². The molecule has 0 saturated heterocycles. The third-order valence-electron chi connectivity index (χ3n) is 4.40. The number of benzene rings is 2. The Labute approximate surface area is 152 Å². The van der Waals surface area contributed by atoms with Gasteiger partial charge in [-0.05, 0) is 56.8 Å². The van der Waals surface area contributed by atoms with Crippen LogP contribution in [0.3, 0.4) is 0 Å². The van der Waals surface area contributed by atoms with Crippen molar-refractivity contribution in [2.24, 2.45) is 7.05 Å². The van der Waals surface area contributed by atoms with Gasteiger partial charge in [-0.15, -0.1) is 0 Å². The number of aryl methyl sites for hydroxylation is 3. The number of fused-ring (bicyclic) bond motifs is 1. The molecule has 0 aliphatic rings. The van der Waals surface area contributed by atoms with Gasteiger partial charge in [0.05, 0.1) is 15.9 Å². The van der Waals surface area contributed by atoms with E-state index in [-0.39, 0.29) is 10.8 Å². The number of sulfonamides is 1. The van der Waals surface area contributed by atoms with E-state index in [4.69, 9.17) is 0 Å². The van der Waals surface area contributed by atoms with E-state index in [1.807, 2.05) is 24.6 Å². The van der Waals surface area contributed by atoms with Crippen LogP contribution in [0.15, 0.2) is 41.3 Å². The summed E-state index contributed by atoms with van der Waals surface area (Å²) in [5, 5.41) is 2.78. The third-order valence-corrected chi connectivity index (χ3v) is 5.81. The molecule has 0 unspecified atom stereocenters. The van der Waals surface area contributed by atoms with E-state index in [2.05, 4.69) is 15.0 Å². The SMILES string of the molecule is CNS(=O)(=O)c1ccc(C)c(NC(=O)c2ccc3c(c2)nc(C)n3C)c1. The van der Waals surface area contributed by atoms with Crippen LogP contribution in [-0.4, -0.2) is 30.9 Å². The molecule has 0 saturated carbocycles. The van der Waals surface area contributed by atoms with E-state index in [9.17, 15) is 13.2 Å². The quantitative estimate of drug-likeness (QED) is 0.735. The van der Waals surface area contributed by atoms with Crippen molar-refractivity contribution in [3.63, 3.8) is 0 Å². The molecular weight excluding hydrogens is 352 g/mol. The maximum Gasteiger partial charge on any atom is 0.255 e. The molecule has 8 heteroatoms. The van der Waals surface area contributed by atoms with Crippen molar-refractivity contribution in [1.82, 2.24) is 14.3 Å². The lowest BCUT2D eigenvalue weighted by Gasteiger charge is -2.11. The van der Waals surface area contributed by atoms with Crippen molar-refractivity contribution < 1.29 is 13.2 Å². The van der Waals surface area contributed by atoms with E-state index in [0.29, 0.717) is 11.3 Å². The Morgan fingerprint density at radius 2 is 1.85 bits per heavy atom. The topological polar surface area (TPSA) is 93.1 Å². The summed E-state index contributed by atoms with van der Waals surface area (Å²) in [6.45, 7) is 3.70. The van der Waals surface area contributed by atoms with Gasteiger partial charge in [0.2, 0.25) is 10.0 Å². The lowest BCUT2D eigenvalue weighted by Crippen LogP contribution is -2.19. The minimum atomic E-state index is -3.58. The molecule has 136 valence electrons. The summed E-state index contributed by atoms with van der Waals surface area (Å²) in [5.74, 6) is 0.538. The van der Waals surface area contributed by atoms with Crippen molar-refractivity contribution in [1.29, 1.82) is 0 Å². The van der Waals surface area contributed by atoms with E-state index in [0.717, 1.165) is 22.4 Å². The van der Waals surface area contributed by atoms with Crippen LogP contribution in [0.1, 0.15) is 21.7 Å². The van der Waals surface area contributed by atoms with Crippen LogP contribution in [0.4, 0.5) is 5.69 Å². The molecule has 0 aliphatic heterocycles. The van der Waals surface area contributed by atoms with Crippen molar-refractivity contribution in [2.75, 3.05) is 12.4 Å². The Kier molecular flexibility index (Phi) is 4.55. The molecule has 0 spiro atoms. The van der Waals surface area contributed by atoms with E-state index < -0.39 is 10.0 Å². The molecule has 0 radical (unpaired) electrons. The highest BCUT2D eigenvalue weighted by atomic mass is 32.2.